The van der Waals surface area contributed by atoms with Gasteiger partial charge in [-0.3, -0.25) is 0 Å². The smallest absolute Gasteiger partial charge is 0.302 e. The van der Waals surface area contributed by atoms with Gasteiger partial charge in [-0.05, 0) is 5.56 Å². The molecule has 2 rings (SSSR count). The minimum atomic E-state index is 0. The molecular formula is C12H13IN2. The zero-order valence-electron chi connectivity index (χ0n) is 8.60. The van der Waals surface area contributed by atoms with Gasteiger partial charge in [0, 0.05) is 6.07 Å². The molecule has 0 bridgehead atoms. The number of hydrogen-bond acceptors (Lipinski definition) is 1. The van der Waals surface area contributed by atoms with Gasteiger partial charge in [0.1, 0.15) is 6.20 Å². The summed E-state index contributed by atoms with van der Waals surface area (Å²) in [4.78, 5) is 4.34. The summed E-state index contributed by atoms with van der Waals surface area (Å²) < 4.78 is 2.05. The molecule has 0 fully saturated rings. The topological polar surface area (TPSA) is 16.8 Å². The molecule has 1 aromatic carbocycles. The van der Waals surface area contributed by atoms with Crippen molar-refractivity contribution >= 4 is 0 Å². The molecule has 0 aliphatic carbocycles. The molecule has 1 heterocycles. The Morgan fingerprint density at radius 2 is 1.87 bits per heavy atom. The van der Waals surface area contributed by atoms with Crippen LogP contribution >= 0.6 is 0 Å². The lowest BCUT2D eigenvalue weighted by atomic mass is 10.1. The molecule has 0 unspecified atom stereocenters. The predicted molar refractivity (Wildman–Crippen MR) is 54.7 cm³/mol. The molecule has 2 nitrogen and oxygen atoms in total. The Morgan fingerprint density at radius 1 is 1.13 bits per heavy atom. The normalized spacial score (nSPS) is 9.40. The van der Waals surface area contributed by atoms with Gasteiger partial charge in [0.05, 0.1) is 19.7 Å². The van der Waals surface area contributed by atoms with Gasteiger partial charge >= 0.3 is 5.82 Å². The van der Waals surface area contributed by atoms with Crippen LogP contribution in [0.25, 0.3) is 0 Å². The van der Waals surface area contributed by atoms with Crippen molar-refractivity contribution in [2.75, 3.05) is 0 Å². The van der Waals surface area contributed by atoms with E-state index in [2.05, 4.69) is 29.2 Å². The summed E-state index contributed by atoms with van der Waals surface area (Å²) in [6.45, 7) is 0. The van der Waals surface area contributed by atoms with E-state index in [1.54, 1.807) is 0 Å². The van der Waals surface area contributed by atoms with E-state index in [-0.39, 0.29) is 24.0 Å². The van der Waals surface area contributed by atoms with Gasteiger partial charge in [-0.15, -0.1) is 0 Å². The van der Waals surface area contributed by atoms with E-state index in [0.717, 1.165) is 12.2 Å². The Kier molecular flexibility index (Phi) is 4.68. The molecule has 0 spiro atoms. The number of aromatic nitrogens is 2. The quantitative estimate of drug-likeness (QED) is 0.487. The van der Waals surface area contributed by atoms with E-state index in [1.807, 2.05) is 36.1 Å². The molecular weight excluding hydrogens is 299 g/mol. The summed E-state index contributed by atoms with van der Waals surface area (Å²) in [7, 11) is 2.02. The van der Waals surface area contributed by atoms with Crippen LogP contribution in [0.5, 0.6) is 0 Å². The fourth-order valence-electron chi connectivity index (χ4n) is 1.42. The maximum atomic E-state index is 4.34. The lowest BCUT2D eigenvalue weighted by Crippen LogP contribution is -3.00. The molecule has 0 radical (unpaired) electrons. The Labute approximate surface area is 107 Å². The highest BCUT2D eigenvalue weighted by Crippen LogP contribution is 2.02. The van der Waals surface area contributed by atoms with Crippen LogP contribution in [0, 0.1) is 0 Å². The molecule has 0 aliphatic rings. The van der Waals surface area contributed by atoms with Crippen LogP contribution in [0.15, 0.2) is 48.8 Å². The summed E-state index contributed by atoms with van der Waals surface area (Å²) in [6.07, 6.45) is 4.74. The number of rotatable bonds is 2. The average Bonchev–Trinajstić information content (AvgIpc) is 2.23. The standard InChI is InChI=1S/C12H13N2.HI/c1-14-9-5-8-13-12(14)10-11-6-3-2-4-7-11;/h2-9H,10H2,1H3;1H/q+1;/p-1. The Balaban J connectivity index is 0.00000112. The van der Waals surface area contributed by atoms with Crippen LogP contribution in [-0.4, -0.2) is 4.98 Å². The van der Waals surface area contributed by atoms with Gasteiger partial charge in [0.25, 0.3) is 0 Å². The van der Waals surface area contributed by atoms with E-state index < -0.39 is 0 Å². The van der Waals surface area contributed by atoms with Gasteiger partial charge in [0.2, 0.25) is 0 Å². The first-order valence-electron chi connectivity index (χ1n) is 4.70. The Hall–Kier alpha value is -0.970. The lowest BCUT2D eigenvalue weighted by molar-refractivity contribution is -0.682. The first kappa shape index (κ1) is 12.1. The van der Waals surface area contributed by atoms with Crippen molar-refractivity contribution in [3.05, 3.63) is 60.2 Å². The van der Waals surface area contributed by atoms with Crippen molar-refractivity contribution in [2.45, 2.75) is 6.42 Å². The van der Waals surface area contributed by atoms with Crippen molar-refractivity contribution < 1.29 is 28.5 Å². The molecule has 0 saturated heterocycles. The van der Waals surface area contributed by atoms with Crippen LogP contribution in [0.2, 0.25) is 0 Å². The minimum Gasteiger partial charge on any atom is -1.00 e. The van der Waals surface area contributed by atoms with Gasteiger partial charge < -0.3 is 24.0 Å². The average molecular weight is 312 g/mol. The SMILES string of the molecule is C[n+]1cccnc1Cc1ccccc1.[I-]. The van der Waals surface area contributed by atoms with Crippen molar-refractivity contribution in [1.82, 2.24) is 4.98 Å². The van der Waals surface area contributed by atoms with Crippen molar-refractivity contribution in [3.8, 4) is 0 Å². The number of halogens is 1. The summed E-state index contributed by atoms with van der Waals surface area (Å²) in [5.41, 5.74) is 1.29. The molecule has 78 valence electrons. The Bertz CT molecular complexity index is 415. The second-order valence-corrected chi connectivity index (χ2v) is 3.31. The largest absolute Gasteiger partial charge is 1.00 e. The fraction of sp³-hybridized carbons (Fsp3) is 0.167. The van der Waals surface area contributed by atoms with Crippen molar-refractivity contribution in [1.29, 1.82) is 0 Å². The van der Waals surface area contributed by atoms with Crippen LogP contribution in [0.4, 0.5) is 0 Å². The van der Waals surface area contributed by atoms with Crippen LogP contribution in [0.3, 0.4) is 0 Å². The molecule has 0 saturated carbocycles. The maximum Gasteiger partial charge on any atom is 0.302 e. The van der Waals surface area contributed by atoms with E-state index in [9.17, 15) is 0 Å². The first-order chi connectivity index (χ1) is 6.86. The zero-order valence-corrected chi connectivity index (χ0v) is 10.8. The molecule has 3 heteroatoms. The first-order valence-corrected chi connectivity index (χ1v) is 4.70. The number of hydrogen-bond donors (Lipinski definition) is 0. The highest BCUT2D eigenvalue weighted by molar-refractivity contribution is 5.17. The summed E-state index contributed by atoms with van der Waals surface area (Å²) in [5.74, 6) is 1.08. The third-order valence-electron chi connectivity index (χ3n) is 2.23. The van der Waals surface area contributed by atoms with Crippen LogP contribution in [0.1, 0.15) is 11.4 Å². The fourth-order valence-corrected chi connectivity index (χ4v) is 1.42. The monoisotopic (exact) mass is 312 g/mol. The molecule has 0 aliphatic heterocycles. The molecule has 0 N–H and O–H groups in total. The van der Waals surface area contributed by atoms with Gasteiger partial charge in [-0.25, -0.2) is 4.57 Å². The van der Waals surface area contributed by atoms with Crippen molar-refractivity contribution in [2.24, 2.45) is 7.05 Å². The van der Waals surface area contributed by atoms with Gasteiger partial charge in [0.15, 0.2) is 0 Å². The molecule has 1 aromatic heterocycles. The van der Waals surface area contributed by atoms with E-state index >= 15 is 0 Å². The molecule has 0 amide bonds. The number of benzene rings is 1. The summed E-state index contributed by atoms with van der Waals surface area (Å²) >= 11 is 0. The van der Waals surface area contributed by atoms with E-state index in [0.29, 0.717) is 0 Å². The highest BCUT2D eigenvalue weighted by atomic mass is 127. The summed E-state index contributed by atoms with van der Waals surface area (Å²) in [5, 5.41) is 0. The lowest BCUT2D eigenvalue weighted by Gasteiger charge is -1.97. The van der Waals surface area contributed by atoms with Crippen molar-refractivity contribution in [3.63, 3.8) is 0 Å². The molecule has 2 aromatic rings. The van der Waals surface area contributed by atoms with E-state index in [1.165, 1.54) is 5.56 Å². The van der Waals surface area contributed by atoms with Crippen LogP contribution in [-0.2, 0) is 13.5 Å². The minimum absolute atomic E-state index is 0. The van der Waals surface area contributed by atoms with Gasteiger partial charge in [-0.1, -0.05) is 35.3 Å². The second kappa shape index (κ2) is 5.80. The predicted octanol–water partition coefficient (Wildman–Crippen LogP) is -1.50. The maximum absolute atomic E-state index is 4.34. The highest BCUT2D eigenvalue weighted by Gasteiger charge is 2.07. The number of nitrogens with zero attached hydrogens (tertiary/aromatic N) is 2. The molecule has 15 heavy (non-hydrogen) atoms. The second-order valence-electron chi connectivity index (χ2n) is 3.31. The third-order valence-corrected chi connectivity index (χ3v) is 2.23. The van der Waals surface area contributed by atoms with Crippen LogP contribution < -0.4 is 28.5 Å². The molecule has 0 atom stereocenters. The summed E-state index contributed by atoms with van der Waals surface area (Å²) in [6, 6.07) is 12.3. The van der Waals surface area contributed by atoms with E-state index in [4.69, 9.17) is 0 Å². The third kappa shape index (κ3) is 3.27. The Morgan fingerprint density at radius 3 is 2.53 bits per heavy atom. The zero-order chi connectivity index (χ0) is 9.80. The van der Waals surface area contributed by atoms with Gasteiger partial charge in [-0.2, -0.15) is 0 Å². The number of aryl methyl sites for hydroxylation is 1.